The normalized spacial score (nSPS) is 43.7. The summed E-state index contributed by atoms with van der Waals surface area (Å²) in [6.07, 6.45) is -0.272. The minimum Gasteiger partial charge on any atom is -0.463 e. The van der Waals surface area contributed by atoms with Crippen molar-refractivity contribution in [3.63, 3.8) is 0 Å². The highest BCUT2D eigenvalue weighted by Crippen LogP contribution is 2.75. The van der Waals surface area contributed by atoms with Crippen molar-refractivity contribution < 1.29 is 67.6 Å². The van der Waals surface area contributed by atoms with Crippen molar-refractivity contribution >= 4 is 29.8 Å². The number of hydrogen-bond acceptors (Lipinski definition) is 14. The Kier molecular flexibility index (Phi) is 11.8. The van der Waals surface area contributed by atoms with Gasteiger partial charge >= 0.3 is 29.8 Å². The van der Waals surface area contributed by atoms with Gasteiger partial charge in [-0.1, -0.05) is 60.1 Å². The van der Waals surface area contributed by atoms with Gasteiger partial charge < -0.3 is 33.9 Å². The molecule has 14 heteroatoms. The second-order valence-electron chi connectivity index (χ2n) is 20.4. The number of carbonyl (C=O) groups is 5. The van der Waals surface area contributed by atoms with Crippen LogP contribution in [0.4, 0.5) is 0 Å². The zero-order valence-electron chi connectivity index (χ0n) is 36.2. The van der Waals surface area contributed by atoms with Crippen LogP contribution in [0.15, 0.2) is 11.6 Å². The zero-order chi connectivity index (χ0) is 43.0. The van der Waals surface area contributed by atoms with Gasteiger partial charge in [-0.25, -0.2) is 4.79 Å². The summed E-state index contributed by atoms with van der Waals surface area (Å²) in [7, 11) is 0. The van der Waals surface area contributed by atoms with Crippen LogP contribution in [0.3, 0.4) is 0 Å². The molecule has 4 saturated carbocycles. The molecule has 0 aromatic heterocycles. The molecule has 5 aliphatic carbocycles. The maximum absolute atomic E-state index is 14.8. The number of esters is 4. The number of aliphatic hydroxyl groups excluding tert-OH is 2. The first kappa shape index (κ1) is 44.5. The third kappa shape index (κ3) is 7.29. The Hall–Kier alpha value is -3.07. The van der Waals surface area contributed by atoms with E-state index in [1.54, 1.807) is 0 Å². The minimum absolute atomic E-state index is 0.0108. The number of ether oxygens (including phenoxy) is 5. The average Bonchev–Trinajstić information content (AvgIpc) is 3.10. The third-order valence-corrected chi connectivity index (χ3v) is 16.2. The zero-order valence-corrected chi connectivity index (χ0v) is 36.2. The van der Waals surface area contributed by atoms with Crippen LogP contribution >= 0.6 is 0 Å². The summed E-state index contributed by atoms with van der Waals surface area (Å²) in [6, 6.07) is 0. The van der Waals surface area contributed by atoms with Gasteiger partial charge in [-0.2, -0.15) is 0 Å². The van der Waals surface area contributed by atoms with Gasteiger partial charge in [0.2, 0.25) is 6.29 Å². The molecule has 58 heavy (non-hydrogen) atoms. The molecule has 0 radical (unpaired) electrons. The molecule has 1 saturated heterocycles. The molecule has 326 valence electrons. The number of hydrogen-bond donors (Lipinski definition) is 2. The van der Waals surface area contributed by atoms with E-state index >= 15 is 0 Å². The Morgan fingerprint density at radius 2 is 1.34 bits per heavy atom. The van der Waals surface area contributed by atoms with E-state index in [2.05, 4.69) is 54.5 Å². The van der Waals surface area contributed by atoms with Crippen LogP contribution in [0.25, 0.3) is 0 Å². The average molecular weight is 819 g/mol. The van der Waals surface area contributed by atoms with E-state index in [-0.39, 0.29) is 33.7 Å². The molecule has 0 amide bonds. The van der Waals surface area contributed by atoms with Gasteiger partial charge in [0.25, 0.3) is 0 Å². The molecule has 1 unspecified atom stereocenters. The van der Waals surface area contributed by atoms with Crippen LogP contribution < -0.4 is 0 Å². The molecule has 6 aliphatic rings. The lowest BCUT2D eigenvalue weighted by molar-refractivity contribution is -0.410. The Balaban J connectivity index is 1.34. The number of fused-ring (bicyclic) bond motifs is 7. The largest absolute Gasteiger partial charge is 0.463 e. The van der Waals surface area contributed by atoms with E-state index in [9.17, 15) is 34.2 Å². The molecule has 0 bridgehead atoms. The highest BCUT2D eigenvalue weighted by Gasteiger charge is 2.72. The van der Waals surface area contributed by atoms with Crippen molar-refractivity contribution in [1.82, 2.24) is 0 Å². The first-order valence-corrected chi connectivity index (χ1v) is 21.1. The van der Waals surface area contributed by atoms with E-state index < -0.39 is 84.1 Å². The van der Waals surface area contributed by atoms with Gasteiger partial charge in [-0.3, -0.25) is 24.1 Å². The standard InChI is InChI=1S/C44H66O14/c1-23(45)52-22-29-34(53-24(2)46)35(54-25(3)47)36(55-26(4)48)37(56-29)57-58-38(51)44-19-18-39(5,6)20-28(44)27-12-13-31-41(9)16-15-32(49)40(7,8)30(41)14-17-42(31,10)43(27,11)21-33(44)50/h12,28-37,49-50H,13-22H2,1-11H3/t28-,29-,30?,31-,32+,33-,34+,35+,36-,37-,41+,42-,43-,44-/m1/s1. The fourth-order valence-electron chi connectivity index (χ4n) is 13.1. The highest BCUT2D eigenvalue weighted by molar-refractivity contribution is 5.79. The lowest BCUT2D eigenvalue weighted by Crippen LogP contribution is -2.67. The number of allylic oxidation sites excluding steroid dienone is 2. The summed E-state index contributed by atoms with van der Waals surface area (Å²) >= 11 is 0. The number of aliphatic hydroxyl groups is 2. The molecule has 14 atom stereocenters. The van der Waals surface area contributed by atoms with Crippen molar-refractivity contribution in [1.29, 1.82) is 0 Å². The summed E-state index contributed by atoms with van der Waals surface area (Å²) in [5.41, 5.74) is -1.22. The quantitative estimate of drug-likeness (QED) is 0.100. The number of carbonyl (C=O) groups excluding carboxylic acids is 5. The highest BCUT2D eigenvalue weighted by atomic mass is 17.2. The van der Waals surface area contributed by atoms with Crippen LogP contribution in [0.2, 0.25) is 0 Å². The summed E-state index contributed by atoms with van der Waals surface area (Å²) in [5.74, 6) is -3.62. The van der Waals surface area contributed by atoms with Crippen molar-refractivity contribution in [3.05, 3.63) is 11.6 Å². The van der Waals surface area contributed by atoms with E-state index in [1.165, 1.54) is 12.5 Å². The first-order chi connectivity index (χ1) is 26.8. The summed E-state index contributed by atoms with van der Waals surface area (Å²) < 4.78 is 27.7. The predicted octanol–water partition coefficient (Wildman–Crippen LogP) is 5.68. The van der Waals surface area contributed by atoms with Gasteiger partial charge in [0.15, 0.2) is 18.3 Å². The first-order valence-electron chi connectivity index (χ1n) is 21.1. The Morgan fingerprint density at radius 3 is 1.97 bits per heavy atom. The summed E-state index contributed by atoms with van der Waals surface area (Å²) in [6.45, 7) is 19.9. The maximum atomic E-state index is 14.8. The van der Waals surface area contributed by atoms with E-state index in [1.807, 2.05) is 0 Å². The fourth-order valence-corrected chi connectivity index (χ4v) is 13.1. The van der Waals surface area contributed by atoms with Crippen LogP contribution in [0, 0.1) is 50.2 Å². The minimum atomic E-state index is -1.73. The molecule has 0 aromatic carbocycles. The molecule has 14 nitrogen and oxygen atoms in total. The van der Waals surface area contributed by atoms with Gasteiger partial charge in [0, 0.05) is 27.7 Å². The molecular formula is C44H66O14. The molecule has 1 aliphatic heterocycles. The fraction of sp³-hybridized carbons (Fsp3) is 0.841. The van der Waals surface area contributed by atoms with Crippen molar-refractivity contribution in [3.8, 4) is 0 Å². The number of rotatable bonds is 8. The van der Waals surface area contributed by atoms with Crippen molar-refractivity contribution in [2.75, 3.05) is 6.61 Å². The van der Waals surface area contributed by atoms with E-state index in [0.717, 1.165) is 52.9 Å². The topological polar surface area (TPSA) is 190 Å². The molecule has 5 fully saturated rings. The third-order valence-electron chi connectivity index (χ3n) is 16.2. The van der Waals surface area contributed by atoms with Crippen LogP contribution in [-0.2, 0) is 57.4 Å². The van der Waals surface area contributed by atoms with Crippen molar-refractivity contribution in [2.45, 2.75) is 177 Å². The Bertz CT molecular complexity index is 1690. The van der Waals surface area contributed by atoms with Crippen LogP contribution in [0.5, 0.6) is 0 Å². The SMILES string of the molecule is CC(=O)OC[C@H]1O[C@H](OOC(=O)[C@]23CCC(C)(C)C[C@@H]2C2=CC[C@@H]4[C@@]5(C)CC[C@H](O)C(C)(C)C5CC[C@@]4(C)[C@]2(C)C[C@H]3O)[C@H](OC(C)=O)[C@@H](OC(C)=O)[C@H]1OC(C)=O. The second kappa shape index (κ2) is 15.4. The molecule has 6 rings (SSSR count). The molecule has 0 aromatic rings. The van der Waals surface area contributed by atoms with Crippen molar-refractivity contribution in [2.24, 2.45) is 50.2 Å². The van der Waals surface area contributed by atoms with E-state index in [4.69, 9.17) is 33.5 Å². The molecule has 0 spiro atoms. The van der Waals surface area contributed by atoms with Gasteiger partial charge in [0.05, 0.1) is 12.2 Å². The monoisotopic (exact) mass is 818 g/mol. The van der Waals surface area contributed by atoms with Gasteiger partial charge in [-0.05, 0) is 103 Å². The van der Waals surface area contributed by atoms with Gasteiger partial charge in [0.1, 0.15) is 18.1 Å². The second-order valence-corrected chi connectivity index (χ2v) is 20.4. The van der Waals surface area contributed by atoms with E-state index in [0.29, 0.717) is 37.5 Å². The molecular weight excluding hydrogens is 752 g/mol. The lowest BCUT2D eigenvalue weighted by Gasteiger charge is -2.71. The van der Waals surface area contributed by atoms with Crippen LogP contribution in [0.1, 0.15) is 134 Å². The van der Waals surface area contributed by atoms with Gasteiger partial charge in [-0.15, -0.1) is 4.89 Å². The Morgan fingerprint density at radius 1 is 0.724 bits per heavy atom. The summed E-state index contributed by atoms with van der Waals surface area (Å²) in [4.78, 5) is 75.1. The maximum Gasteiger partial charge on any atom is 0.351 e. The lowest BCUT2D eigenvalue weighted by atomic mass is 9.33. The predicted molar refractivity (Wildman–Crippen MR) is 206 cm³/mol. The smallest absolute Gasteiger partial charge is 0.351 e. The Labute approximate surface area is 342 Å². The summed E-state index contributed by atoms with van der Waals surface area (Å²) in [5, 5.41) is 23.7. The molecule has 2 N–H and O–H groups in total. The molecule has 1 heterocycles. The van der Waals surface area contributed by atoms with Crippen LogP contribution in [-0.4, -0.2) is 89.6 Å².